The Labute approximate surface area is 490 Å². The molecule has 0 aromatic carbocycles. The van der Waals surface area contributed by atoms with Crippen molar-refractivity contribution in [1.29, 1.82) is 0 Å². The van der Waals surface area contributed by atoms with Crippen molar-refractivity contribution in [2.24, 2.45) is 0 Å². The maximum atomic E-state index is 12.9. The van der Waals surface area contributed by atoms with Crippen LogP contribution in [0.2, 0.25) is 0 Å². The van der Waals surface area contributed by atoms with E-state index in [0.29, 0.717) is 19.3 Å². The van der Waals surface area contributed by atoms with Crippen LogP contribution in [0.15, 0.2) is 85.1 Å². The lowest BCUT2D eigenvalue weighted by molar-refractivity contribution is -0.167. The average Bonchev–Trinajstić information content (AvgIpc) is 3.45. The molecule has 0 saturated heterocycles. The zero-order chi connectivity index (χ0) is 57.1. The summed E-state index contributed by atoms with van der Waals surface area (Å²) in [4.78, 5) is 38.2. The number of ether oxygens (including phenoxy) is 3. The van der Waals surface area contributed by atoms with Gasteiger partial charge >= 0.3 is 17.9 Å². The van der Waals surface area contributed by atoms with Crippen LogP contribution in [-0.4, -0.2) is 37.2 Å². The molecular formula is C73H128O6. The summed E-state index contributed by atoms with van der Waals surface area (Å²) in [5.41, 5.74) is 0. The van der Waals surface area contributed by atoms with Crippen LogP contribution in [0.4, 0.5) is 0 Å². The van der Waals surface area contributed by atoms with Crippen LogP contribution in [0, 0.1) is 0 Å². The maximum absolute atomic E-state index is 12.9. The van der Waals surface area contributed by atoms with Gasteiger partial charge in [-0.2, -0.15) is 0 Å². The molecule has 6 heteroatoms. The highest BCUT2D eigenvalue weighted by Gasteiger charge is 2.19. The molecule has 0 aliphatic heterocycles. The van der Waals surface area contributed by atoms with Gasteiger partial charge in [0, 0.05) is 19.3 Å². The summed E-state index contributed by atoms with van der Waals surface area (Å²) in [7, 11) is 0. The molecular weight excluding hydrogens is 973 g/mol. The summed E-state index contributed by atoms with van der Waals surface area (Å²) in [5.74, 6) is -0.875. The Morgan fingerprint density at radius 3 is 0.785 bits per heavy atom. The fraction of sp³-hybridized carbons (Fsp3) is 0.767. The fourth-order valence-corrected chi connectivity index (χ4v) is 9.80. The first-order valence-corrected chi connectivity index (χ1v) is 34.1. The number of carbonyl (C=O) groups is 3. The Balaban J connectivity index is 4.06. The van der Waals surface area contributed by atoms with Crippen molar-refractivity contribution in [3.05, 3.63) is 85.1 Å². The van der Waals surface area contributed by atoms with Crippen molar-refractivity contribution in [2.45, 2.75) is 348 Å². The lowest BCUT2D eigenvalue weighted by Crippen LogP contribution is -2.30. The molecule has 0 bridgehead atoms. The molecule has 79 heavy (non-hydrogen) atoms. The van der Waals surface area contributed by atoms with Crippen LogP contribution in [0.25, 0.3) is 0 Å². The van der Waals surface area contributed by atoms with Gasteiger partial charge in [0.05, 0.1) is 0 Å². The molecule has 0 fully saturated rings. The monoisotopic (exact) mass is 1100 g/mol. The third-order valence-corrected chi connectivity index (χ3v) is 14.9. The van der Waals surface area contributed by atoms with Crippen LogP contribution < -0.4 is 0 Å². The van der Waals surface area contributed by atoms with Gasteiger partial charge in [-0.05, 0) is 96.3 Å². The summed E-state index contributed by atoms with van der Waals surface area (Å²) >= 11 is 0. The van der Waals surface area contributed by atoms with E-state index in [4.69, 9.17) is 14.2 Å². The van der Waals surface area contributed by atoms with Gasteiger partial charge in [-0.1, -0.05) is 311 Å². The zero-order valence-electron chi connectivity index (χ0n) is 52.4. The molecule has 1 unspecified atom stereocenters. The van der Waals surface area contributed by atoms with Crippen molar-refractivity contribution < 1.29 is 28.6 Å². The summed E-state index contributed by atoms with van der Waals surface area (Å²) < 4.78 is 16.9. The molecule has 6 nitrogen and oxygen atoms in total. The van der Waals surface area contributed by atoms with E-state index < -0.39 is 6.10 Å². The van der Waals surface area contributed by atoms with Crippen molar-refractivity contribution >= 4 is 17.9 Å². The minimum Gasteiger partial charge on any atom is -0.462 e. The number of rotatable bonds is 62. The zero-order valence-corrected chi connectivity index (χ0v) is 52.4. The maximum Gasteiger partial charge on any atom is 0.306 e. The minimum absolute atomic E-state index is 0.0765. The smallest absolute Gasteiger partial charge is 0.306 e. The van der Waals surface area contributed by atoms with Gasteiger partial charge in [0.1, 0.15) is 13.2 Å². The van der Waals surface area contributed by atoms with Gasteiger partial charge in [0.2, 0.25) is 0 Å². The standard InChI is InChI=1S/C73H128O6/c1-4-7-10-13-16-19-22-24-26-28-29-30-31-32-33-34-35-36-37-38-39-40-41-42-43-44-45-46-48-49-51-54-57-60-63-66-72(75)78-69-70(68-77-71(74)65-62-59-56-53-21-18-15-12-9-6-3)79-73(76)67-64-61-58-55-52-50-47-27-25-23-20-17-14-11-8-5-2/h7,10,16,19-20,23-24,26-27,29-30,32-33,47,70H,4-6,8-9,11-15,17-18,21-22,25,28,31,34-46,48-69H2,1-3H3/b10-7-,19-16-,23-20-,26-24-,30-29-,33-32-,47-27-. The predicted molar refractivity (Wildman–Crippen MR) is 344 cm³/mol. The Bertz CT molecular complexity index is 1500. The second-order valence-electron chi connectivity index (χ2n) is 22.7. The van der Waals surface area contributed by atoms with Crippen LogP contribution in [0.3, 0.4) is 0 Å². The van der Waals surface area contributed by atoms with E-state index in [0.717, 1.165) is 116 Å². The van der Waals surface area contributed by atoms with Crippen molar-refractivity contribution in [3.63, 3.8) is 0 Å². The highest BCUT2D eigenvalue weighted by atomic mass is 16.6. The summed E-state index contributed by atoms with van der Waals surface area (Å²) in [6, 6.07) is 0. The Kier molecular flexibility index (Phi) is 64.2. The first kappa shape index (κ1) is 75.6. The number of esters is 3. The molecule has 0 heterocycles. The molecule has 0 rings (SSSR count). The Morgan fingerprint density at radius 1 is 0.266 bits per heavy atom. The predicted octanol–water partition coefficient (Wildman–Crippen LogP) is 23.4. The lowest BCUT2D eigenvalue weighted by atomic mass is 10.0. The topological polar surface area (TPSA) is 78.9 Å². The molecule has 0 radical (unpaired) electrons. The van der Waals surface area contributed by atoms with Gasteiger partial charge in [-0.15, -0.1) is 0 Å². The van der Waals surface area contributed by atoms with E-state index in [-0.39, 0.29) is 31.1 Å². The lowest BCUT2D eigenvalue weighted by Gasteiger charge is -2.18. The van der Waals surface area contributed by atoms with Crippen molar-refractivity contribution in [2.75, 3.05) is 13.2 Å². The van der Waals surface area contributed by atoms with Gasteiger partial charge in [0.15, 0.2) is 6.10 Å². The average molecular weight is 1100 g/mol. The van der Waals surface area contributed by atoms with E-state index in [2.05, 4.69) is 106 Å². The molecule has 0 spiro atoms. The third-order valence-electron chi connectivity index (χ3n) is 14.9. The molecule has 0 saturated carbocycles. The number of carbonyl (C=O) groups excluding carboxylic acids is 3. The van der Waals surface area contributed by atoms with Crippen LogP contribution >= 0.6 is 0 Å². The Hall–Kier alpha value is -3.41. The van der Waals surface area contributed by atoms with E-state index in [1.165, 1.54) is 186 Å². The van der Waals surface area contributed by atoms with Gasteiger partial charge in [0.25, 0.3) is 0 Å². The van der Waals surface area contributed by atoms with Crippen LogP contribution in [0.1, 0.15) is 342 Å². The largest absolute Gasteiger partial charge is 0.462 e. The number of hydrogen-bond acceptors (Lipinski definition) is 6. The molecule has 0 aliphatic carbocycles. The number of allylic oxidation sites excluding steroid dienone is 14. The van der Waals surface area contributed by atoms with Crippen molar-refractivity contribution in [1.82, 2.24) is 0 Å². The first-order valence-electron chi connectivity index (χ1n) is 34.1. The molecule has 0 aliphatic rings. The molecule has 0 aromatic rings. The molecule has 456 valence electrons. The Morgan fingerprint density at radius 2 is 0.494 bits per heavy atom. The normalized spacial score (nSPS) is 12.6. The summed E-state index contributed by atoms with van der Waals surface area (Å²) in [5, 5.41) is 0. The van der Waals surface area contributed by atoms with E-state index >= 15 is 0 Å². The molecule has 1 atom stereocenters. The highest BCUT2D eigenvalue weighted by Crippen LogP contribution is 2.17. The number of unbranched alkanes of at least 4 members (excludes halogenated alkanes) is 37. The van der Waals surface area contributed by atoms with Gasteiger partial charge in [-0.3, -0.25) is 14.4 Å². The van der Waals surface area contributed by atoms with Crippen LogP contribution in [-0.2, 0) is 28.6 Å². The minimum atomic E-state index is -0.779. The van der Waals surface area contributed by atoms with Gasteiger partial charge < -0.3 is 14.2 Å². The molecule has 0 amide bonds. The second kappa shape index (κ2) is 67.1. The SMILES string of the molecule is CC/C=C\C/C=C\C/C=C\C/C=C\C/C=C\CCCCCCCCCCCCCCCCCCCCCC(=O)OCC(COC(=O)CCCCCCCCCCCC)OC(=O)CCCCCCC/C=C\C/C=C\CCCCCC. The summed E-state index contributed by atoms with van der Waals surface area (Å²) in [6.07, 6.45) is 89.1. The van der Waals surface area contributed by atoms with E-state index in [1.807, 2.05) is 0 Å². The van der Waals surface area contributed by atoms with Crippen LogP contribution in [0.5, 0.6) is 0 Å². The number of hydrogen-bond donors (Lipinski definition) is 0. The van der Waals surface area contributed by atoms with E-state index in [1.54, 1.807) is 0 Å². The first-order chi connectivity index (χ1) is 39.0. The van der Waals surface area contributed by atoms with Crippen molar-refractivity contribution in [3.8, 4) is 0 Å². The quantitative estimate of drug-likeness (QED) is 0.0261. The second-order valence-corrected chi connectivity index (χ2v) is 22.7. The van der Waals surface area contributed by atoms with Gasteiger partial charge in [-0.25, -0.2) is 0 Å². The van der Waals surface area contributed by atoms with E-state index in [9.17, 15) is 14.4 Å². The molecule has 0 N–H and O–H groups in total. The summed E-state index contributed by atoms with van der Waals surface area (Å²) in [6.45, 7) is 6.52. The molecule has 0 aromatic heterocycles. The fourth-order valence-electron chi connectivity index (χ4n) is 9.80. The highest BCUT2D eigenvalue weighted by molar-refractivity contribution is 5.71. The third kappa shape index (κ3) is 65.3.